The number of nitrogens with one attached hydrogen (secondary N) is 3. The summed E-state index contributed by atoms with van der Waals surface area (Å²) in [4.78, 5) is 25.4. The summed E-state index contributed by atoms with van der Waals surface area (Å²) in [5, 5.41) is 19.1. The molecule has 214 valence electrons. The van der Waals surface area contributed by atoms with E-state index in [-0.39, 0.29) is 49.1 Å². The highest BCUT2D eigenvalue weighted by Gasteiger charge is 2.46. The molecular formula is C33H37N3O5. The normalized spacial score (nSPS) is 23.2. The Labute approximate surface area is 240 Å². The summed E-state index contributed by atoms with van der Waals surface area (Å²) in [5.41, 5.74) is 4.98. The Kier molecular flexibility index (Phi) is 8.21. The van der Waals surface area contributed by atoms with Gasteiger partial charge in [0.05, 0.1) is 19.1 Å². The average Bonchev–Trinajstić information content (AvgIpc) is 3.64. The van der Waals surface area contributed by atoms with E-state index in [1.54, 1.807) is 0 Å². The first kappa shape index (κ1) is 27.3. The SMILES string of the molecule is O=C(C[C@@H]1C[C@H]2c3cc(NC(=O)NC4CCCC4)ccc3O[C@H]2[C@@H](CO)O1)NCc1ccc(-c2ccccc2)cc1. The van der Waals surface area contributed by atoms with Gasteiger partial charge in [0, 0.05) is 29.8 Å². The highest BCUT2D eigenvalue weighted by molar-refractivity contribution is 5.89. The molecule has 0 bridgehead atoms. The fraction of sp³-hybridized carbons (Fsp3) is 0.394. The van der Waals surface area contributed by atoms with E-state index in [9.17, 15) is 14.7 Å². The number of urea groups is 1. The van der Waals surface area contributed by atoms with Gasteiger partial charge in [-0.25, -0.2) is 4.79 Å². The van der Waals surface area contributed by atoms with Crippen molar-refractivity contribution in [1.82, 2.24) is 10.6 Å². The molecular weight excluding hydrogens is 518 g/mol. The summed E-state index contributed by atoms with van der Waals surface area (Å²) in [5.74, 6) is 0.585. The Bertz CT molecular complexity index is 1360. The number of anilines is 1. The molecule has 1 saturated heterocycles. The summed E-state index contributed by atoms with van der Waals surface area (Å²) in [6, 6.07) is 24.0. The number of ether oxygens (including phenoxy) is 2. The monoisotopic (exact) mass is 555 g/mol. The fourth-order valence-corrected chi connectivity index (χ4v) is 6.31. The fourth-order valence-electron chi connectivity index (χ4n) is 6.31. The van der Waals surface area contributed by atoms with Gasteiger partial charge in [-0.1, -0.05) is 67.4 Å². The van der Waals surface area contributed by atoms with Gasteiger partial charge in [-0.2, -0.15) is 0 Å². The third-order valence-electron chi connectivity index (χ3n) is 8.41. The second-order valence-electron chi connectivity index (χ2n) is 11.3. The molecule has 41 heavy (non-hydrogen) atoms. The summed E-state index contributed by atoms with van der Waals surface area (Å²) in [7, 11) is 0. The van der Waals surface area contributed by atoms with Crippen molar-refractivity contribution in [2.24, 2.45) is 0 Å². The van der Waals surface area contributed by atoms with Crippen LogP contribution in [0.3, 0.4) is 0 Å². The molecule has 3 aromatic rings. The molecule has 4 N–H and O–H groups in total. The van der Waals surface area contributed by atoms with E-state index in [4.69, 9.17) is 9.47 Å². The predicted octanol–water partition coefficient (Wildman–Crippen LogP) is 5.12. The summed E-state index contributed by atoms with van der Waals surface area (Å²) in [6.45, 7) is 0.232. The van der Waals surface area contributed by atoms with Crippen LogP contribution >= 0.6 is 0 Å². The van der Waals surface area contributed by atoms with Crippen LogP contribution in [0.25, 0.3) is 11.1 Å². The molecule has 8 nitrogen and oxygen atoms in total. The number of carbonyl (C=O) groups excluding carboxylic acids is 2. The minimum Gasteiger partial charge on any atom is -0.487 e. The zero-order chi connectivity index (χ0) is 28.2. The van der Waals surface area contributed by atoms with E-state index in [0.717, 1.165) is 53.7 Å². The number of aliphatic hydroxyl groups excluding tert-OH is 1. The van der Waals surface area contributed by atoms with Crippen LogP contribution in [0.5, 0.6) is 5.75 Å². The Morgan fingerprint density at radius 3 is 2.44 bits per heavy atom. The van der Waals surface area contributed by atoms with E-state index in [1.165, 1.54) is 0 Å². The van der Waals surface area contributed by atoms with Gasteiger partial charge >= 0.3 is 6.03 Å². The van der Waals surface area contributed by atoms with Crippen LogP contribution in [0, 0.1) is 0 Å². The van der Waals surface area contributed by atoms with Crippen molar-refractivity contribution in [3.05, 3.63) is 83.9 Å². The van der Waals surface area contributed by atoms with Crippen molar-refractivity contribution < 1.29 is 24.2 Å². The molecule has 3 aromatic carbocycles. The number of carbonyl (C=O) groups is 2. The smallest absolute Gasteiger partial charge is 0.319 e. The van der Waals surface area contributed by atoms with Crippen LogP contribution in [0.1, 0.15) is 55.6 Å². The molecule has 1 aliphatic carbocycles. The van der Waals surface area contributed by atoms with Gasteiger partial charge in [-0.05, 0) is 54.2 Å². The number of hydrogen-bond acceptors (Lipinski definition) is 5. The quantitative estimate of drug-likeness (QED) is 0.309. The van der Waals surface area contributed by atoms with Crippen molar-refractivity contribution in [3.63, 3.8) is 0 Å². The Morgan fingerprint density at radius 1 is 0.927 bits per heavy atom. The molecule has 1 saturated carbocycles. The molecule has 4 atom stereocenters. The second kappa shape index (κ2) is 12.3. The van der Waals surface area contributed by atoms with Crippen molar-refractivity contribution in [2.75, 3.05) is 11.9 Å². The first-order valence-corrected chi connectivity index (χ1v) is 14.6. The van der Waals surface area contributed by atoms with Gasteiger partial charge in [-0.15, -0.1) is 0 Å². The van der Waals surface area contributed by atoms with Gasteiger partial charge in [0.25, 0.3) is 0 Å². The topological polar surface area (TPSA) is 109 Å². The molecule has 0 radical (unpaired) electrons. The van der Waals surface area contributed by atoms with E-state index in [1.807, 2.05) is 48.5 Å². The standard InChI is InChI=1S/C33H37N3O5/c37-20-30-32-28(27-16-25(14-15-29(27)41-32)36-33(39)35-24-8-4-5-9-24)17-26(40-30)18-31(38)34-19-21-10-12-23(13-11-21)22-6-2-1-3-7-22/h1-3,6-7,10-16,24,26,28,30,32,37H,4-5,8-9,17-20H2,(H,34,38)(H2,35,36,39)/t26-,28-,30+,32+/m0/s1. The van der Waals surface area contributed by atoms with E-state index in [0.29, 0.717) is 18.7 Å². The molecule has 2 aliphatic heterocycles. The molecule has 3 amide bonds. The lowest BCUT2D eigenvalue weighted by Gasteiger charge is -2.37. The average molecular weight is 556 g/mol. The lowest BCUT2D eigenvalue weighted by molar-refractivity contribution is -0.142. The summed E-state index contributed by atoms with van der Waals surface area (Å²) < 4.78 is 12.3. The Balaban J connectivity index is 1.05. The number of hydrogen-bond donors (Lipinski definition) is 4. The second-order valence-corrected chi connectivity index (χ2v) is 11.3. The minimum absolute atomic E-state index is 0.0427. The molecule has 0 spiro atoms. The van der Waals surface area contributed by atoms with Crippen LogP contribution < -0.4 is 20.7 Å². The molecule has 2 heterocycles. The van der Waals surface area contributed by atoms with Crippen molar-refractivity contribution in [1.29, 1.82) is 0 Å². The molecule has 8 heteroatoms. The zero-order valence-corrected chi connectivity index (χ0v) is 23.1. The highest BCUT2D eigenvalue weighted by atomic mass is 16.6. The van der Waals surface area contributed by atoms with Crippen LogP contribution in [0.2, 0.25) is 0 Å². The van der Waals surface area contributed by atoms with Crippen LogP contribution in [0.15, 0.2) is 72.8 Å². The van der Waals surface area contributed by atoms with Crippen LogP contribution in [-0.2, 0) is 16.1 Å². The van der Waals surface area contributed by atoms with Gasteiger partial charge in [0.1, 0.15) is 18.0 Å². The highest BCUT2D eigenvalue weighted by Crippen LogP contribution is 2.47. The number of fused-ring (bicyclic) bond motifs is 3. The third-order valence-corrected chi connectivity index (χ3v) is 8.41. The summed E-state index contributed by atoms with van der Waals surface area (Å²) in [6.07, 6.45) is 3.90. The number of aliphatic hydroxyl groups is 1. The first-order valence-electron chi connectivity index (χ1n) is 14.6. The molecule has 6 rings (SSSR count). The third kappa shape index (κ3) is 6.39. The molecule has 2 fully saturated rings. The van der Waals surface area contributed by atoms with E-state index >= 15 is 0 Å². The summed E-state index contributed by atoms with van der Waals surface area (Å²) >= 11 is 0. The van der Waals surface area contributed by atoms with Gasteiger partial charge in [-0.3, -0.25) is 4.79 Å². The molecule has 0 unspecified atom stereocenters. The van der Waals surface area contributed by atoms with Crippen molar-refractivity contribution >= 4 is 17.6 Å². The lowest BCUT2D eigenvalue weighted by Crippen LogP contribution is -2.47. The maximum atomic E-state index is 12.9. The van der Waals surface area contributed by atoms with Gasteiger partial charge in [0.15, 0.2) is 0 Å². The van der Waals surface area contributed by atoms with E-state index < -0.39 is 6.10 Å². The van der Waals surface area contributed by atoms with E-state index in [2.05, 4.69) is 40.2 Å². The van der Waals surface area contributed by atoms with Crippen molar-refractivity contribution in [3.8, 4) is 16.9 Å². The maximum Gasteiger partial charge on any atom is 0.319 e. The maximum absolute atomic E-state index is 12.9. The predicted molar refractivity (Wildman–Crippen MR) is 157 cm³/mol. The van der Waals surface area contributed by atoms with Gasteiger partial charge in [0.2, 0.25) is 5.91 Å². The first-order chi connectivity index (χ1) is 20.1. The number of rotatable bonds is 8. The largest absolute Gasteiger partial charge is 0.487 e. The number of benzene rings is 3. The van der Waals surface area contributed by atoms with Crippen LogP contribution in [0.4, 0.5) is 10.5 Å². The van der Waals surface area contributed by atoms with Crippen molar-refractivity contribution in [2.45, 2.75) is 75.3 Å². The Hall–Kier alpha value is -3.88. The zero-order valence-electron chi connectivity index (χ0n) is 23.1. The lowest BCUT2D eigenvalue weighted by atomic mass is 9.84. The van der Waals surface area contributed by atoms with Crippen LogP contribution in [-0.4, -0.2) is 48.0 Å². The number of amides is 3. The molecule has 3 aliphatic rings. The minimum atomic E-state index is -0.536. The molecule has 0 aromatic heterocycles. The van der Waals surface area contributed by atoms with Gasteiger partial charge < -0.3 is 30.5 Å². The Morgan fingerprint density at radius 2 is 1.68 bits per heavy atom.